The second kappa shape index (κ2) is 9.92. The van der Waals surface area contributed by atoms with Gasteiger partial charge < -0.3 is 15.2 Å². The first-order valence-corrected chi connectivity index (χ1v) is 7.63. The summed E-state index contributed by atoms with van der Waals surface area (Å²) in [5, 5.41) is 14.7. The zero-order valence-electron chi connectivity index (χ0n) is 12.8. The highest BCUT2D eigenvalue weighted by atomic mass is 32.1. The molecule has 1 aromatic rings. The molecule has 6 heteroatoms. The molecule has 1 atom stereocenters. The van der Waals surface area contributed by atoms with Crippen LogP contribution in [0.1, 0.15) is 25.8 Å². The molecule has 0 aliphatic heterocycles. The number of nitrogens with one attached hydrogen (secondary N) is 2. The van der Waals surface area contributed by atoms with E-state index in [1.807, 2.05) is 38.1 Å². The molecule has 1 rings (SSSR count). The highest BCUT2D eigenvalue weighted by Gasteiger charge is 2.07. The van der Waals surface area contributed by atoms with Crippen LogP contribution < -0.4 is 15.4 Å². The Labute approximate surface area is 136 Å². The lowest BCUT2D eigenvalue weighted by atomic mass is 10.2. The Hall–Kier alpha value is -1.92. The van der Waals surface area contributed by atoms with Crippen molar-refractivity contribution in [3.63, 3.8) is 0 Å². The van der Waals surface area contributed by atoms with Crippen molar-refractivity contribution in [3.8, 4) is 5.75 Å². The first-order chi connectivity index (χ1) is 10.6. The van der Waals surface area contributed by atoms with E-state index in [0.29, 0.717) is 13.0 Å². The summed E-state index contributed by atoms with van der Waals surface area (Å²) in [6.45, 7) is 4.43. The molecule has 120 valence electrons. The van der Waals surface area contributed by atoms with Gasteiger partial charge in [-0.25, -0.2) is 0 Å². The molecule has 1 amide bonds. The number of aliphatic hydroxyl groups is 1. The van der Waals surface area contributed by atoms with Gasteiger partial charge in [-0.1, -0.05) is 19.1 Å². The number of rotatable bonds is 7. The number of hydrogen-bond donors (Lipinski definition) is 3. The van der Waals surface area contributed by atoms with Gasteiger partial charge in [0.15, 0.2) is 5.11 Å². The largest absolute Gasteiger partial charge is 0.494 e. The van der Waals surface area contributed by atoms with Gasteiger partial charge in [0.2, 0.25) is 5.91 Å². The monoisotopic (exact) mass is 322 g/mol. The molecule has 1 aromatic carbocycles. The third-order valence-corrected chi connectivity index (χ3v) is 3.12. The predicted molar refractivity (Wildman–Crippen MR) is 91.7 cm³/mol. The summed E-state index contributed by atoms with van der Waals surface area (Å²) in [4.78, 5) is 11.7. The fourth-order valence-electron chi connectivity index (χ4n) is 1.67. The number of carbonyl (C=O) groups is 1. The maximum Gasteiger partial charge on any atom is 0.250 e. The quantitative estimate of drug-likeness (QED) is 0.528. The van der Waals surface area contributed by atoms with Crippen molar-refractivity contribution in [1.82, 2.24) is 10.6 Å². The molecule has 5 nitrogen and oxygen atoms in total. The molecular formula is C16H22N2O3S. The minimum atomic E-state index is -0.320. The van der Waals surface area contributed by atoms with E-state index in [1.165, 1.54) is 6.08 Å². The summed E-state index contributed by atoms with van der Waals surface area (Å²) in [7, 11) is 0. The van der Waals surface area contributed by atoms with Crippen LogP contribution in [0.25, 0.3) is 6.08 Å². The molecule has 0 fully saturated rings. The lowest BCUT2D eigenvalue weighted by molar-refractivity contribution is -0.115. The van der Waals surface area contributed by atoms with E-state index >= 15 is 0 Å². The number of ether oxygens (including phenoxy) is 1. The number of benzene rings is 1. The molecule has 0 heterocycles. The van der Waals surface area contributed by atoms with Crippen LogP contribution in [-0.2, 0) is 4.79 Å². The maximum absolute atomic E-state index is 11.7. The third kappa shape index (κ3) is 6.69. The van der Waals surface area contributed by atoms with Crippen molar-refractivity contribution >= 4 is 29.3 Å². The van der Waals surface area contributed by atoms with Crippen molar-refractivity contribution < 1.29 is 14.6 Å². The van der Waals surface area contributed by atoms with Crippen LogP contribution in [-0.4, -0.2) is 35.4 Å². The van der Waals surface area contributed by atoms with Crippen LogP contribution in [0.3, 0.4) is 0 Å². The van der Waals surface area contributed by atoms with Crippen LogP contribution in [0.2, 0.25) is 0 Å². The van der Waals surface area contributed by atoms with Crippen LogP contribution >= 0.6 is 12.2 Å². The topological polar surface area (TPSA) is 70.6 Å². The zero-order chi connectivity index (χ0) is 16.4. The maximum atomic E-state index is 11.7. The average Bonchev–Trinajstić information content (AvgIpc) is 2.52. The van der Waals surface area contributed by atoms with Gasteiger partial charge in [0.25, 0.3) is 0 Å². The van der Waals surface area contributed by atoms with Crippen molar-refractivity contribution in [3.05, 3.63) is 35.9 Å². The minimum absolute atomic E-state index is 0.0332. The van der Waals surface area contributed by atoms with Crippen LogP contribution in [0.4, 0.5) is 0 Å². The summed E-state index contributed by atoms with van der Waals surface area (Å²) in [5.41, 5.74) is 0.888. The molecule has 3 N–H and O–H groups in total. The molecule has 0 spiro atoms. The Morgan fingerprint density at radius 1 is 1.36 bits per heavy atom. The third-order valence-electron chi connectivity index (χ3n) is 2.90. The van der Waals surface area contributed by atoms with E-state index < -0.39 is 0 Å². The smallest absolute Gasteiger partial charge is 0.250 e. The molecule has 0 aromatic heterocycles. The highest BCUT2D eigenvalue weighted by molar-refractivity contribution is 7.80. The normalized spacial score (nSPS) is 12.0. The molecule has 0 radical (unpaired) electrons. The Kier molecular flexibility index (Phi) is 8.17. The van der Waals surface area contributed by atoms with E-state index in [0.717, 1.165) is 11.3 Å². The van der Waals surface area contributed by atoms with E-state index in [2.05, 4.69) is 10.6 Å². The van der Waals surface area contributed by atoms with Gasteiger partial charge >= 0.3 is 0 Å². The number of hydrogen-bond acceptors (Lipinski definition) is 4. The van der Waals surface area contributed by atoms with Gasteiger partial charge in [0, 0.05) is 6.08 Å². The minimum Gasteiger partial charge on any atom is -0.494 e. The summed E-state index contributed by atoms with van der Waals surface area (Å²) in [5.74, 6) is 0.475. The molecule has 22 heavy (non-hydrogen) atoms. The number of aliphatic hydroxyl groups excluding tert-OH is 1. The molecular weight excluding hydrogens is 300 g/mol. The standard InChI is InChI=1S/C16H22N2O3S/c1-3-13(11-19)17-16(22)18-15(20)10-7-12-5-8-14(9-6-12)21-4-2/h5-10,13,19H,3-4,11H2,1-2H3,(H2,17,18,20,22)/b10-7+. The van der Waals surface area contributed by atoms with Gasteiger partial charge in [-0.3, -0.25) is 10.1 Å². The Morgan fingerprint density at radius 3 is 2.59 bits per heavy atom. The van der Waals surface area contributed by atoms with Crippen molar-refractivity contribution in [2.45, 2.75) is 26.3 Å². The van der Waals surface area contributed by atoms with Gasteiger partial charge in [-0.15, -0.1) is 0 Å². The molecule has 0 bridgehead atoms. The lowest BCUT2D eigenvalue weighted by Gasteiger charge is -2.15. The van der Waals surface area contributed by atoms with Crippen molar-refractivity contribution in [2.24, 2.45) is 0 Å². The second-order valence-electron chi connectivity index (χ2n) is 4.59. The second-order valence-corrected chi connectivity index (χ2v) is 4.99. The van der Waals surface area contributed by atoms with Crippen LogP contribution in [0.5, 0.6) is 5.75 Å². The van der Waals surface area contributed by atoms with Crippen LogP contribution in [0, 0.1) is 0 Å². The number of amides is 1. The Bertz CT molecular complexity index is 511. The van der Waals surface area contributed by atoms with Gasteiger partial charge in [-0.05, 0) is 49.3 Å². The van der Waals surface area contributed by atoms with E-state index in [-0.39, 0.29) is 23.7 Å². The fraction of sp³-hybridized carbons (Fsp3) is 0.375. The number of carbonyl (C=O) groups excluding carboxylic acids is 1. The fourth-order valence-corrected chi connectivity index (χ4v) is 1.93. The summed E-state index contributed by atoms with van der Waals surface area (Å²) >= 11 is 5.01. The SMILES string of the molecule is CCOc1ccc(/C=C/C(=O)NC(=S)NC(CC)CO)cc1. The number of thiocarbonyl (C=S) groups is 1. The molecule has 0 aliphatic carbocycles. The Morgan fingerprint density at radius 2 is 2.05 bits per heavy atom. The Balaban J connectivity index is 2.48. The highest BCUT2D eigenvalue weighted by Crippen LogP contribution is 2.12. The lowest BCUT2D eigenvalue weighted by Crippen LogP contribution is -2.45. The van der Waals surface area contributed by atoms with Crippen molar-refractivity contribution in [1.29, 1.82) is 0 Å². The van der Waals surface area contributed by atoms with Gasteiger partial charge in [0.05, 0.1) is 19.3 Å². The van der Waals surface area contributed by atoms with Gasteiger partial charge in [0.1, 0.15) is 5.75 Å². The van der Waals surface area contributed by atoms with Gasteiger partial charge in [-0.2, -0.15) is 0 Å². The zero-order valence-corrected chi connectivity index (χ0v) is 13.7. The summed E-state index contributed by atoms with van der Waals surface area (Å²) < 4.78 is 5.35. The predicted octanol–water partition coefficient (Wildman–Crippen LogP) is 1.86. The van der Waals surface area contributed by atoms with Crippen molar-refractivity contribution in [2.75, 3.05) is 13.2 Å². The van der Waals surface area contributed by atoms with E-state index in [4.69, 9.17) is 22.1 Å². The summed E-state index contributed by atoms with van der Waals surface area (Å²) in [6.07, 6.45) is 3.81. The van der Waals surface area contributed by atoms with E-state index in [1.54, 1.807) is 6.08 Å². The first kappa shape index (κ1) is 18.1. The van der Waals surface area contributed by atoms with E-state index in [9.17, 15) is 4.79 Å². The van der Waals surface area contributed by atoms with Crippen LogP contribution in [0.15, 0.2) is 30.3 Å². The average molecular weight is 322 g/mol. The first-order valence-electron chi connectivity index (χ1n) is 7.22. The molecule has 0 saturated carbocycles. The molecule has 1 unspecified atom stereocenters. The molecule has 0 saturated heterocycles. The summed E-state index contributed by atoms with van der Waals surface area (Å²) in [6, 6.07) is 7.28. The molecule has 0 aliphatic rings.